The summed E-state index contributed by atoms with van der Waals surface area (Å²) in [6.45, 7) is 5.70. The van der Waals surface area contributed by atoms with Crippen LogP contribution in [-0.2, 0) is 0 Å². The average Bonchev–Trinajstić information content (AvgIpc) is 2.40. The van der Waals surface area contributed by atoms with Crippen LogP contribution in [0.1, 0.15) is 29.7 Å². The first kappa shape index (κ1) is 14.5. The van der Waals surface area contributed by atoms with E-state index in [1.165, 1.54) is 5.56 Å². The third-order valence-corrected chi connectivity index (χ3v) is 3.55. The summed E-state index contributed by atoms with van der Waals surface area (Å²) >= 11 is 0. The van der Waals surface area contributed by atoms with Gasteiger partial charge in [-0.05, 0) is 61.7 Å². The molecule has 2 aromatic rings. The van der Waals surface area contributed by atoms with Crippen LogP contribution in [0.25, 0.3) is 0 Å². The Labute approximate surface area is 120 Å². The molecule has 3 heteroatoms. The largest absolute Gasteiger partial charge is 0.344 e. The number of benzene rings is 2. The first-order valence-electron chi connectivity index (χ1n) is 6.76. The van der Waals surface area contributed by atoms with Crippen molar-refractivity contribution >= 4 is 11.4 Å². The monoisotopic (exact) mass is 272 g/mol. The van der Waals surface area contributed by atoms with E-state index < -0.39 is 0 Å². The second-order valence-electron chi connectivity index (χ2n) is 5.35. The minimum atomic E-state index is -0.215. The molecular formula is C17H21FN2. The Balaban J connectivity index is 2.53. The Morgan fingerprint density at radius 2 is 1.85 bits per heavy atom. The van der Waals surface area contributed by atoms with Gasteiger partial charge in [-0.3, -0.25) is 0 Å². The minimum absolute atomic E-state index is 0.210. The van der Waals surface area contributed by atoms with E-state index in [4.69, 9.17) is 5.73 Å². The average molecular weight is 272 g/mol. The lowest BCUT2D eigenvalue weighted by Crippen LogP contribution is -2.16. The molecule has 0 unspecified atom stereocenters. The van der Waals surface area contributed by atoms with Gasteiger partial charge in [-0.1, -0.05) is 12.1 Å². The van der Waals surface area contributed by atoms with E-state index in [-0.39, 0.29) is 11.9 Å². The van der Waals surface area contributed by atoms with Crippen LogP contribution in [0.5, 0.6) is 0 Å². The number of anilines is 2. The molecule has 0 aliphatic carbocycles. The number of halogens is 1. The van der Waals surface area contributed by atoms with Crippen LogP contribution in [0.15, 0.2) is 36.4 Å². The highest BCUT2D eigenvalue weighted by molar-refractivity contribution is 5.67. The molecule has 0 spiro atoms. The maximum absolute atomic E-state index is 13.8. The predicted molar refractivity (Wildman–Crippen MR) is 83.0 cm³/mol. The van der Waals surface area contributed by atoms with Crippen LogP contribution in [-0.4, -0.2) is 7.05 Å². The quantitative estimate of drug-likeness (QED) is 0.906. The second-order valence-corrected chi connectivity index (χ2v) is 5.35. The van der Waals surface area contributed by atoms with Crippen molar-refractivity contribution in [3.05, 3.63) is 58.9 Å². The molecule has 0 saturated carbocycles. The van der Waals surface area contributed by atoms with Gasteiger partial charge in [-0.15, -0.1) is 0 Å². The molecule has 2 aromatic carbocycles. The maximum atomic E-state index is 13.8. The van der Waals surface area contributed by atoms with E-state index in [2.05, 4.69) is 24.0 Å². The van der Waals surface area contributed by atoms with Gasteiger partial charge in [-0.25, -0.2) is 4.39 Å². The summed E-state index contributed by atoms with van der Waals surface area (Å²) < 4.78 is 13.8. The molecule has 2 nitrogen and oxygen atoms in total. The van der Waals surface area contributed by atoms with Crippen molar-refractivity contribution in [2.75, 3.05) is 11.9 Å². The van der Waals surface area contributed by atoms with Gasteiger partial charge < -0.3 is 10.6 Å². The molecule has 0 fully saturated rings. The molecular weight excluding hydrogens is 251 g/mol. The van der Waals surface area contributed by atoms with Gasteiger partial charge in [0.25, 0.3) is 0 Å². The van der Waals surface area contributed by atoms with Crippen molar-refractivity contribution in [3.63, 3.8) is 0 Å². The highest BCUT2D eigenvalue weighted by Crippen LogP contribution is 2.32. The molecule has 0 aromatic heterocycles. The standard InChI is InChI=1S/C17H21FN2/c1-11-6-5-7-14(8-11)20(4)17-9-12(2)16(18)10-15(17)13(3)19/h5-10,13H,19H2,1-4H3/t13-/m0/s1. The van der Waals surface area contributed by atoms with Crippen LogP contribution in [0, 0.1) is 19.7 Å². The van der Waals surface area contributed by atoms with Crippen LogP contribution >= 0.6 is 0 Å². The number of hydrogen-bond donors (Lipinski definition) is 1. The number of nitrogens with zero attached hydrogens (tertiary/aromatic N) is 1. The molecule has 0 heterocycles. The van der Waals surface area contributed by atoms with Crippen molar-refractivity contribution in [1.82, 2.24) is 0 Å². The lowest BCUT2D eigenvalue weighted by atomic mass is 10.0. The van der Waals surface area contributed by atoms with Crippen LogP contribution in [0.2, 0.25) is 0 Å². The first-order chi connectivity index (χ1) is 9.40. The van der Waals surface area contributed by atoms with Crippen molar-refractivity contribution < 1.29 is 4.39 Å². The third-order valence-electron chi connectivity index (χ3n) is 3.55. The zero-order valence-electron chi connectivity index (χ0n) is 12.4. The molecule has 2 N–H and O–H groups in total. The number of nitrogens with two attached hydrogens (primary N) is 1. The van der Waals surface area contributed by atoms with E-state index in [0.29, 0.717) is 5.56 Å². The van der Waals surface area contributed by atoms with Gasteiger partial charge in [-0.2, -0.15) is 0 Å². The second kappa shape index (κ2) is 5.63. The molecule has 0 bridgehead atoms. The van der Waals surface area contributed by atoms with Crippen molar-refractivity contribution in [1.29, 1.82) is 0 Å². The molecule has 0 saturated heterocycles. The summed E-state index contributed by atoms with van der Waals surface area (Å²) in [6, 6.07) is 11.4. The Bertz CT molecular complexity index is 620. The van der Waals surface area contributed by atoms with Crippen LogP contribution in [0.4, 0.5) is 15.8 Å². The SMILES string of the molecule is Cc1cccc(N(C)c2cc(C)c(F)cc2[C@H](C)N)c1. The third kappa shape index (κ3) is 2.83. The molecule has 20 heavy (non-hydrogen) atoms. The van der Waals surface area contributed by atoms with Gasteiger partial charge in [0.2, 0.25) is 0 Å². The van der Waals surface area contributed by atoms with E-state index >= 15 is 0 Å². The topological polar surface area (TPSA) is 29.3 Å². The maximum Gasteiger partial charge on any atom is 0.126 e. The zero-order valence-corrected chi connectivity index (χ0v) is 12.4. The fraction of sp³-hybridized carbons (Fsp3) is 0.294. The number of aryl methyl sites for hydroxylation is 2. The molecule has 2 rings (SSSR count). The van der Waals surface area contributed by atoms with Crippen LogP contribution in [0.3, 0.4) is 0 Å². The van der Waals surface area contributed by atoms with Crippen LogP contribution < -0.4 is 10.6 Å². The van der Waals surface area contributed by atoms with Gasteiger partial charge in [0, 0.05) is 24.5 Å². The summed E-state index contributed by atoms with van der Waals surface area (Å²) in [7, 11) is 1.98. The summed E-state index contributed by atoms with van der Waals surface area (Å²) in [5, 5.41) is 0. The van der Waals surface area contributed by atoms with Gasteiger partial charge in [0.15, 0.2) is 0 Å². The molecule has 0 amide bonds. The van der Waals surface area contributed by atoms with Gasteiger partial charge in [0.05, 0.1) is 0 Å². The van der Waals surface area contributed by atoms with Gasteiger partial charge >= 0.3 is 0 Å². The predicted octanol–water partition coefficient (Wildman–Crippen LogP) is 4.23. The van der Waals surface area contributed by atoms with E-state index in [9.17, 15) is 4.39 Å². The summed E-state index contributed by atoms with van der Waals surface area (Å²) in [5.74, 6) is -0.210. The number of rotatable bonds is 3. The van der Waals surface area contributed by atoms with Crippen molar-refractivity contribution in [2.45, 2.75) is 26.8 Å². The van der Waals surface area contributed by atoms with E-state index in [1.807, 2.05) is 32.2 Å². The Kier molecular flexibility index (Phi) is 4.09. The number of hydrogen-bond acceptors (Lipinski definition) is 2. The highest BCUT2D eigenvalue weighted by atomic mass is 19.1. The lowest BCUT2D eigenvalue weighted by molar-refractivity contribution is 0.613. The summed E-state index contributed by atoms with van der Waals surface area (Å²) in [5.41, 5.74) is 10.6. The summed E-state index contributed by atoms with van der Waals surface area (Å²) in [6.07, 6.45) is 0. The normalized spacial score (nSPS) is 12.3. The molecule has 0 aliphatic rings. The summed E-state index contributed by atoms with van der Waals surface area (Å²) in [4.78, 5) is 2.05. The first-order valence-corrected chi connectivity index (χ1v) is 6.76. The Hall–Kier alpha value is -1.87. The van der Waals surface area contributed by atoms with E-state index in [0.717, 1.165) is 16.9 Å². The molecule has 0 radical (unpaired) electrons. The minimum Gasteiger partial charge on any atom is -0.344 e. The molecule has 0 aliphatic heterocycles. The smallest absolute Gasteiger partial charge is 0.126 e. The van der Waals surface area contributed by atoms with E-state index in [1.54, 1.807) is 13.0 Å². The lowest BCUT2D eigenvalue weighted by Gasteiger charge is -2.25. The Morgan fingerprint density at radius 3 is 2.45 bits per heavy atom. The highest BCUT2D eigenvalue weighted by Gasteiger charge is 2.15. The zero-order chi connectivity index (χ0) is 14.9. The Morgan fingerprint density at radius 1 is 1.15 bits per heavy atom. The fourth-order valence-corrected chi connectivity index (χ4v) is 2.31. The molecule has 1 atom stereocenters. The van der Waals surface area contributed by atoms with Crippen molar-refractivity contribution in [3.8, 4) is 0 Å². The van der Waals surface area contributed by atoms with Crippen molar-refractivity contribution in [2.24, 2.45) is 5.73 Å². The van der Waals surface area contributed by atoms with Gasteiger partial charge in [0.1, 0.15) is 5.82 Å². The molecule has 106 valence electrons. The fourth-order valence-electron chi connectivity index (χ4n) is 2.31.